The summed E-state index contributed by atoms with van der Waals surface area (Å²) in [5.74, 6) is 0.0637. The smallest absolute Gasteiger partial charge is 0.257 e. The van der Waals surface area contributed by atoms with Crippen LogP contribution in [0.15, 0.2) is 65.3 Å². The predicted octanol–water partition coefficient (Wildman–Crippen LogP) is 4.76. The van der Waals surface area contributed by atoms with Gasteiger partial charge in [-0.3, -0.25) is 4.79 Å². The van der Waals surface area contributed by atoms with Crippen LogP contribution in [0.5, 0.6) is 0 Å². The van der Waals surface area contributed by atoms with Crippen LogP contribution in [-0.2, 0) is 0 Å². The fourth-order valence-electron chi connectivity index (χ4n) is 2.95. The second-order valence-corrected chi connectivity index (χ2v) is 6.24. The van der Waals surface area contributed by atoms with Gasteiger partial charge in [0.15, 0.2) is 5.69 Å². The van der Waals surface area contributed by atoms with Crippen LogP contribution in [0.4, 0.5) is 5.82 Å². The van der Waals surface area contributed by atoms with Crippen molar-refractivity contribution < 1.29 is 9.42 Å². The average Bonchev–Trinajstić information content (AvgIpc) is 3.11. The first-order valence-corrected chi connectivity index (χ1v) is 8.33. The summed E-state index contributed by atoms with van der Waals surface area (Å²) in [6.07, 6.45) is 0. The lowest BCUT2D eigenvalue weighted by molar-refractivity contribution is 0.102. The molecule has 5 nitrogen and oxygen atoms in total. The molecule has 0 radical (unpaired) electrons. The van der Waals surface area contributed by atoms with Crippen LogP contribution in [0.3, 0.4) is 0 Å². The van der Waals surface area contributed by atoms with Crippen molar-refractivity contribution in [1.82, 2.24) is 10.3 Å². The highest BCUT2D eigenvalue weighted by atomic mass is 16.6. The molecule has 26 heavy (non-hydrogen) atoms. The Morgan fingerprint density at radius 3 is 2.58 bits per heavy atom. The van der Waals surface area contributed by atoms with E-state index in [9.17, 15) is 4.79 Å². The fourth-order valence-corrected chi connectivity index (χ4v) is 2.95. The molecule has 0 unspecified atom stereocenters. The molecule has 0 aliphatic heterocycles. The second-order valence-electron chi connectivity index (χ2n) is 6.24. The van der Waals surface area contributed by atoms with E-state index >= 15 is 0 Å². The molecule has 0 bridgehead atoms. The first-order valence-electron chi connectivity index (χ1n) is 8.33. The number of benzene rings is 3. The van der Waals surface area contributed by atoms with Crippen LogP contribution < -0.4 is 5.32 Å². The van der Waals surface area contributed by atoms with Gasteiger partial charge in [0.05, 0.1) is 0 Å². The van der Waals surface area contributed by atoms with E-state index in [-0.39, 0.29) is 5.91 Å². The summed E-state index contributed by atoms with van der Waals surface area (Å²) in [6, 6.07) is 19.3. The highest BCUT2D eigenvalue weighted by molar-refractivity contribution is 6.13. The minimum Gasteiger partial charge on any atom is -0.302 e. The molecule has 0 aliphatic rings. The highest BCUT2D eigenvalue weighted by Crippen LogP contribution is 2.27. The molecule has 0 saturated carbocycles. The summed E-state index contributed by atoms with van der Waals surface area (Å²) in [5.41, 5.74) is 4.27. The second kappa shape index (κ2) is 6.44. The molecule has 4 rings (SSSR count). The first-order chi connectivity index (χ1) is 12.6. The molecule has 0 spiro atoms. The summed E-state index contributed by atoms with van der Waals surface area (Å²) in [7, 11) is 0. The van der Waals surface area contributed by atoms with Crippen molar-refractivity contribution in [2.75, 3.05) is 5.32 Å². The molecule has 1 N–H and O–H groups in total. The number of hydrogen-bond donors (Lipinski definition) is 1. The third kappa shape index (κ3) is 2.84. The fraction of sp³-hybridized carbons (Fsp3) is 0.0952. The minimum absolute atomic E-state index is 0.248. The van der Waals surface area contributed by atoms with Gasteiger partial charge in [0, 0.05) is 11.1 Å². The maximum atomic E-state index is 12.8. The highest BCUT2D eigenvalue weighted by Gasteiger charge is 2.17. The molecule has 4 aromatic rings. The van der Waals surface area contributed by atoms with Gasteiger partial charge in [-0.1, -0.05) is 48.5 Å². The summed E-state index contributed by atoms with van der Waals surface area (Å²) >= 11 is 0. The molecule has 0 aliphatic carbocycles. The maximum absolute atomic E-state index is 12.8. The summed E-state index contributed by atoms with van der Waals surface area (Å²) < 4.78 is 4.88. The number of carbonyl (C=O) groups excluding carboxylic acids is 1. The molecule has 128 valence electrons. The molecule has 0 atom stereocenters. The number of aromatic nitrogens is 2. The van der Waals surface area contributed by atoms with Crippen molar-refractivity contribution >= 4 is 22.5 Å². The number of anilines is 1. The molecular weight excluding hydrogens is 326 g/mol. The van der Waals surface area contributed by atoms with Crippen molar-refractivity contribution in [2.24, 2.45) is 0 Å². The number of nitrogens with zero attached hydrogens (tertiary/aromatic N) is 2. The predicted molar refractivity (Wildman–Crippen MR) is 101 cm³/mol. The molecule has 5 heteroatoms. The van der Waals surface area contributed by atoms with Gasteiger partial charge in [-0.05, 0) is 58.2 Å². The maximum Gasteiger partial charge on any atom is 0.257 e. The Morgan fingerprint density at radius 1 is 0.923 bits per heavy atom. The topological polar surface area (TPSA) is 68.0 Å². The SMILES string of the molecule is Cc1ccc(-c2nonc2NC(=O)c2cccc3ccccc23)cc1C. The zero-order valence-corrected chi connectivity index (χ0v) is 14.5. The van der Waals surface area contributed by atoms with E-state index in [0.29, 0.717) is 17.1 Å². The number of carbonyl (C=O) groups is 1. The van der Waals surface area contributed by atoms with Gasteiger partial charge in [-0.2, -0.15) is 0 Å². The third-order valence-electron chi connectivity index (χ3n) is 4.54. The van der Waals surface area contributed by atoms with Gasteiger partial charge >= 0.3 is 0 Å². The molecule has 0 saturated heterocycles. The minimum atomic E-state index is -0.248. The van der Waals surface area contributed by atoms with Crippen molar-refractivity contribution in [2.45, 2.75) is 13.8 Å². The Hall–Kier alpha value is -3.47. The van der Waals surface area contributed by atoms with Gasteiger partial charge in [0.25, 0.3) is 5.91 Å². The van der Waals surface area contributed by atoms with Gasteiger partial charge in [0.2, 0.25) is 5.82 Å². The van der Waals surface area contributed by atoms with Crippen LogP contribution in [0.1, 0.15) is 21.5 Å². The number of amides is 1. The largest absolute Gasteiger partial charge is 0.302 e. The number of hydrogen-bond acceptors (Lipinski definition) is 4. The monoisotopic (exact) mass is 343 g/mol. The lowest BCUT2D eigenvalue weighted by atomic mass is 10.0. The van der Waals surface area contributed by atoms with E-state index in [1.807, 2.05) is 68.4 Å². The van der Waals surface area contributed by atoms with E-state index in [0.717, 1.165) is 21.9 Å². The van der Waals surface area contributed by atoms with Gasteiger partial charge < -0.3 is 5.32 Å². The molecule has 0 fully saturated rings. The Bertz CT molecular complexity index is 1110. The van der Waals surface area contributed by atoms with Crippen LogP contribution in [0.25, 0.3) is 22.0 Å². The van der Waals surface area contributed by atoms with Crippen molar-refractivity contribution in [3.63, 3.8) is 0 Å². The molecule has 1 heterocycles. The van der Waals surface area contributed by atoms with Gasteiger partial charge in [-0.15, -0.1) is 0 Å². The zero-order chi connectivity index (χ0) is 18.1. The summed E-state index contributed by atoms with van der Waals surface area (Å²) in [4.78, 5) is 12.8. The molecule has 3 aromatic carbocycles. The average molecular weight is 343 g/mol. The summed E-state index contributed by atoms with van der Waals surface area (Å²) in [5, 5.41) is 12.6. The first kappa shape index (κ1) is 16.0. The zero-order valence-electron chi connectivity index (χ0n) is 14.5. The van der Waals surface area contributed by atoms with Gasteiger partial charge in [0.1, 0.15) is 0 Å². The van der Waals surface area contributed by atoms with E-state index in [1.165, 1.54) is 5.56 Å². The normalized spacial score (nSPS) is 10.8. The van der Waals surface area contributed by atoms with E-state index in [1.54, 1.807) is 6.07 Å². The number of aryl methyl sites for hydroxylation is 2. The van der Waals surface area contributed by atoms with Crippen molar-refractivity contribution in [3.8, 4) is 11.3 Å². The van der Waals surface area contributed by atoms with Crippen molar-refractivity contribution in [3.05, 3.63) is 77.4 Å². The third-order valence-corrected chi connectivity index (χ3v) is 4.54. The van der Waals surface area contributed by atoms with E-state index < -0.39 is 0 Å². The van der Waals surface area contributed by atoms with Crippen LogP contribution in [0.2, 0.25) is 0 Å². The van der Waals surface area contributed by atoms with Crippen LogP contribution in [0, 0.1) is 13.8 Å². The lowest BCUT2D eigenvalue weighted by Gasteiger charge is -2.07. The van der Waals surface area contributed by atoms with Crippen molar-refractivity contribution in [1.29, 1.82) is 0 Å². The Balaban J connectivity index is 1.69. The van der Waals surface area contributed by atoms with Gasteiger partial charge in [-0.25, -0.2) is 4.63 Å². The molecular formula is C21H17N3O2. The lowest BCUT2D eigenvalue weighted by Crippen LogP contribution is -2.13. The van der Waals surface area contributed by atoms with E-state index in [4.69, 9.17) is 4.63 Å². The molecule has 1 amide bonds. The Labute approximate surface area is 150 Å². The van der Waals surface area contributed by atoms with Crippen LogP contribution >= 0.6 is 0 Å². The summed E-state index contributed by atoms with van der Waals surface area (Å²) in [6.45, 7) is 4.07. The quantitative estimate of drug-likeness (QED) is 0.582. The van der Waals surface area contributed by atoms with E-state index in [2.05, 4.69) is 15.6 Å². The Morgan fingerprint density at radius 2 is 1.73 bits per heavy atom. The number of fused-ring (bicyclic) bond motifs is 1. The Kier molecular flexibility index (Phi) is 3.97. The number of nitrogens with one attached hydrogen (secondary N) is 1. The standard InChI is InChI=1S/C21H17N3O2/c1-13-10-11-16(12-14(13)2)19-20(24-26-23-19)22-21(25)18-9-5-7-15-6-3-4-8-17(15)18/h3-12H,1-2H3,(H,22,24,25). The van der Waals surface area contributed by atoms with Crippen LogP contribution in [-0.4, -0.2) is 16.2 Å². The molecule has 1 aromatic heterocycles. The number of rotatable bonds is 3.